The average Bonchev–Trinajstić information content (AvgIpc) is 3.06. The third kappa shape index (κ3) is 4.63. The first kappa shape index (κ1) is 22.3. The van der Waals surface area contributed by atoms with Crippen LogP contribution in [0.15, 0.2) is 62.6 Å². The van der Waals surface area contributed by atoms with E-state index in [1.54, 1.807) is 0 Å². The second kappa shape index (κ2) is 8.91. The van der Waals surface area contributed by atoms with Gasteiger partial charge in [-0.1, -0.05) is 44.2 Å². The van der Waals surface area contributed by atoms with Gasteiger partial charge in [-0.2, -0.15) is 4.31 Å². The van der Waals surface area contributed by atoms with Crippen LogP contribution in [-0.4, -0.2) is 36.3 Å². The van der Waals surface area contributed by atoms with Gasteiger partial charge in [-0.15, -0.1) is 0 Å². The van der Waals surface area contributed by atoms with Crippen molar-refractivity contribution in [1.82, 2.24) is 14.2 Å². The van der Waals surface area contributed by atoms with E-state index in [0.717, 1.165) is 12.0 Å². The SMILES string of the molecule is CC1CC(C)CN(S(=O)(=O)c2ccc3c(c2)oc(=O)n3CC(=O)NCc2ccccc2)C1. The molecule has 3 aromatic rings. The summed E-state index contributed by atoms with van der Waals surface area (Å²) in [4.78, 5) is 24.8. The summed E-state index contributed by atoms with van der Waals surface area (Å²) >= 11 is 0. The number of nitrogens with zero attached hydrogens (tertiary/aromatic N) is 2. The maximum Gasteiger partial charge on any atom is 0.420 e. The van der Waals surface area contributed by atoms with E-state index in [1.807, 2.05) is 44.2 Å². The van der Waals surface area contributed by atoms with Crippen molar-refractivity contribution in [1.29, 1.82) is 0 Å². The van der Waals surface area contributed by atoms with Crippen molar-refractivity contribution in [3.63, 3.8) is 0 Å². The van der Waals surface area contributed by atoms with E-state index in [4.69, 9.17) is 4.42 Å². The topological polar surface area (TPSA) is 102 Å². The Kier molecular flexibility index (Phi) is 6.21. The first-order chi connectivity index (χ1) is 15.2. The minimum atomic E-state index is -3.70. The zero-order valence-corrected chi connectivity index (χ0v) is 19.0. The predicted octanol–water partition coefficient (Wildman–Crippen LogP) is 2.58. The maximum atomic E-state index is 13.1. The van der Waals surface area contributed by atoms with Crippen molar-refractivity contribution in [3.05, 3.63) is 64.6 Å². The van der Waals surface area contributed by atoms with Gasteiger partial charge in [0.2, 0.25) is 15.9 Å². The summed E-state index contributed by atoms with van der Waals surface area (Å²) in [7, 11) is -3.70. The molecule has 2 aromatic carbocycles. The quantitative estimate of drug-likeness (QED) is 0.613. The molecule has 1 N–H and O–H groups in total. The van der Waals surface area contributed by atoms with E-state index >= 15 is 0 Å². The highest BCUT2D eigenvalue weighted by Crippen LogP contribution is 2.28. The third-order valence-corrected chi connectivity index (χ3v) is 7.57. The minimum absolute atomic E-state index is 0.0840. The molecule has 0 saturated carbocycles. The predicted molar refractivity (Wildman–Crippen MR) is 120 cm³/mol. The molecule has 1 amide bonds. The molecule has 4 rings (SSSR count). The number of hydrogen-bond donors (Lipinski definition) is 1. The highest BCUT2D eigenvalue weighted by molar-refractivity contribution is 7.89. The Bertz CT molecular complexity index is 1270. The lowest BCUT2D eigenvalue weighted by Gasteiger charge is -2.34. The lowest BCUT2D eigenvalue weighted by atomic mass is 9.94. The number of oxazole rings is 1. The fourth-order valence-electron chi connectivity index (χ4n) is 4.30. The van der Waals surface area contributed by atoms with Gasteiger partial charge in [0.05, 0.1) is 10.4 Å². The molecule has 2 heterocycles. The number of benzene rings is 2. The van der Waals surface area contributed by atoms with Gasteiger partial charge in [-0.25, -0.2) is 13.2 Å². The van der Waals surface area contributed by atoms with Crippen LogP contribution in [0.3, 0.4) is 0 Å². The van der Waals surface area contributed by atoms with Crippen LogP contribution in [0.1, 0.15) is 25.8 Å². The van der Waals surface area contributed by atoms with E-state index in [9.17, 15) is 18.0 Å². The standard InChI is InChI=1S/C23H27N3O5S/c1-16-10-17(2)14-25(13-16)32(29,30)19-8-9-20-21(11-19)31-23(28)26(20)15-22(27)24-12-18-6-4-3-5-7-18/h3-9,11,16-17H,10,12-15H2,1-2H3,(H,24,27). The van der Waals surface area contributed by atoms with Gasteiger partial charge in [0.15, 0.2) is 5.58 Å². The Hall–Kier alpha value is -2.91. The first-order valence-corrected chi connectivity index (χ1v) is 12.1. The number of nitrogens with one attached hydrogen (secondary N) is 1. The van der Waals surface area contributed by atoms with Crippen molar-refractivity contribution < 1.29 is 17.6 Å². The lowest BCUT2D eigenvalue weighted by molar-refractivity contribution is -0.121. The van der Waals surface area contributed by atoms with Gasteiger partial charge in [0, 0.05) is 25.7 Å². The fraction of sp³-hybridized carbons (Fsp3) is 0.391. The lowest BCUT2D eigenvalue weighted by Crippen LogP contribution is -2.42. The molecule has 1 fully saturated rings. The number of aromatic nitrogens is 1. The fourth-order valence-corrected chi connectivity index (χ4v) is 6.00. The van der Waals surface area contributed by atoms with E-state index in [1.165, 1.54) is 27.1 Å². The maximum absolute atomic E-state index is 13.1. The second-order valence-corrected chi connectivity index (χ2v) is 10.6. The first-order valence-electron chi connectivity index (χ1n) is 10.7. The van der Waals surface area contributed by atoms with E-state index in [-0.39, 0.29) is 34.8 Å². The highest BCUT2D eigenvalue weighted by atomic mass is 32.2. The van der Waals surface area contributed by atoms with E-state index < -0.39 is 15.8 Å². The molecule has 1 aliphatic heterocycles. The molecule has 1 aliphatic rings. The molecule has 0 aliphatic carbocycles. The average molecular weight is 458 g/mol. The van der Waals surface area contributed by atoms with Gasteiger partial charge in [0.25, 0.3) is 0 Å². The Morgan fingerprint density at radius 2 is 1.78 bits per heavy atom. The zero-order valence-electron chi connectivity index (χ0n) is 18.2. The Labute approximate surface area is 186 Å². The smallest absolute Gasteiger partial charge is 0.408 e. The molecular weight excluding hydrogens is 430 g/mol. The van der Waals surface area contributed by atoms with Crippen LogP contribution in [0.4, 0.5) is 0 Å². The van der Waals surface area contributed by atoms with Gasteiger partial charge >= 0.3 is 5.76 Å². The van der Waals surface area contributed by atoms with Crippen LogP contribution in [0.5, 0.6) is 0 Å². The van der Waals surface area contributed by atoms with Crippen LogP contribution < -0.4 is 11.1 Å². The highest BCUT2D eigenvalue weighted by Gasteiger charge is 2.32. The van der Waals surface area contributed by atoms with Crippen molar-refractivity contribution in [3.8, 4) is 0 Å². The molecule has 2 atom stereocenters. The van der Waals surface area contributed by atoms with Crippen LogP contribution >= 0.6 is 0 Å². The Morgan fingerprint density at radius 1 is 1.09 bits per heavy atom. The summed E-state index contributed by atoms with van der Waals surface area (Å²) in [5.41, 5.74) is 1.47. The molecule has 2 unspecified atom stereocenters. The van der Waals surface area contributed by atoms with Crippen molar-refractivity contribution in [2.45, 2.75) is 38.3 Å². The second-order valence-electron chi connectivity index (χ2n) is 8.61. The Morgan fingerprint density at radius 3 is 2.47 bits per heavy atom. The molecule has 170 valence electrons. The molecule has 0 radical (unpaired) electrons. The zero-order chi connectivity index (χ0) is 22.9. The van der Waals surface area contributed by atoms with Crippen molar-refractivity contribution in [2.75, 3.05) is 13.1 Å². The van der Waals surface area contributed by atoms with Gasteiger partial charge < -0.3 is 9.73 Å². The Balaban J connectivity index is 1.54. The van der Waals surface area contributed by atoms with Crippen LogP contribution in [0.25, 0.3) is 11.1 Å². The number of carbonyl (C=O) groups excluding carboxylic acids is 1. The molecular formula is C23H27N3O5S. The molecule has 1 saturated heterocycles. The minimum Gasteiger partial charge on any atom is -0.408 e. The molecule has 9 heteroatoms. The molecule has 0 spiro atoms. The summed E-state index contributed by atoms with van der Waals surface area (Å²) in [6, 6.07) is 13.8. The van der Waals surface area contributed by atoms with Gasteiger partial charge in [-0.05, 0) is 36.0 Å². The number of rotatable bonds is 6. The summed E-state index contributed by atoms with van der Waals surface area (Å²) in [6.45, 7) is 5.16. The monoisotopic (exact) mass is 457 g/mol. The van der Waals surface area contributed by atoms with Crippen molar-refractivity contribution >= 4 is 27.0 Å². The molecule has 8 nitrogen and oxygen atoms in total. The summed E-state index contributed by atoms with van der Waals surface area (Å²) in [5, 5.41) is 2.77. The number of hydrogen-bond acceptors (Lipinski definition) is 5. The number of piperidine rings is 1. The molecule has 32 heavy (non-hydrogen) atoms. The molecule has 1 aromatic heterocycles. The van der Waals surface area contributed by atoms with Crippen molar-refractivity contribution in [2.24, 2.45) is 11.8 Å². The summed E-state index contributed by atoms with van der Waals surface area (Å²) < 4.78 is 34.3. The molecule has 0 bridgehead atoms. The number of fused-ring (bicyclic) bond motifs is 1. The van der Waals surface area contributed by atoms with Crippen LogP contribution in [-0.2, 0) is 27.9 Å². The number of carbonyl (C=O) groups is 1. The van der Waals surface area contributed by atoms with Gasteiger partial charge in [0.1, 0.15) is 6.54 Å². The summed E-state index contributed by atoms with van der Waals surface area (Å²) in [5.74, 6) is -0.479. The summed E-state index contributed by atoms with van der Waals surface area (Å²) in [6.07, 6.45) is 0.995. The normalized spacial score (nSPS) is 19.8. The van der Waals surface area contributed by atoms with Gasteiger partial charge in [-0.3, -0.25) is 9.36 Å². The van der Waals surface area contributed by atoms with Crippen LogP contribution in [0.2, 0.25) is 0 Å². The van der Waals surface area contributed by atoms with E-state index in [0.29, 0.717) is 25.2 Å². The number of sulfonamides is 1. The van der Waals surface area contributed by atoms with E-state index in [2.05, 4.69) is 5.32 Å². The largest absolute Gasteiger partial charge is 0.420 e. The van der Waals surface area contributed by atoms with Crippen LogP contribution in [0, 0.1) is 11.8 Å². The third-order valence-electron chi connectivity index (χ3n) is 5.75. The number of amides is 1.